The number of benzene rings is 2. The second-order valence-electron chi connectivity index (χ2n) is 7.71. The van der Waals surface area contributed by atoms with Gasteiger partial charge in [-0.1, -0.05) is 24.4 Å². The summed E-state index contributed by atoms with van der Waals surface area (Å²) in [4.78, 5) is 36.0. The SMILES string of the molecule is C=C(S/C=C\C)SNC=O.CNc1ccc(N2C(=O)Cc3cc(NC4CC4)ccc3C2=O)c(F)c1. The summed E-state index contributed by atoms with van der Waals surface area (Å²) in [6, 6.07) is 10.2. The smallest absolute Gasteiger partial charge is 0.265 e. The van der Waals surface area contributed by atoms with Crippen molar-refractivity contribution in [3.63, 3.8) is 0 Å². The predicted molar refractivity (Wildman–Crippen MR) is 143 cm³/mol. The highest BCUT2D eigenvalue weighted by Crippen LogP contribution is 2.32. The van der Waals surface area contributed by atoms with Crippen molar-refractivity contribution in [2.45, 2.75) is 32.2 Å². The van der Waals surface area contributed by atoms with Crippen LogP contribution >= 0.6 is 23.7 Å². The van der Waals surface area contributed by atoms with Gasteiger partial charge < -0.3 is 10.6 Å². The molecule has 0 spiro atoms. The number of halogens is 1. The highest BCUT2D eigenvalue weighted by Gasteiger charge is 2.34. The number of hydrogen-bond donors (Lipinski definition) is 3. The minimum Gasteiger partial charge on any atom is -0.388 e. The molecule has 0 saturated heterocycles. The van der Waals surface area contributed by atoms with E-state index in [-0.39, 0.29) is 12.1 Å². The Kier molecular flexibility index (Phi) is 9.39. The van der Waals surface area contributed by atoms with Gasteiger partial charge in [0, 0.05) is 30.0 Å². The van der Waals surface area contributed by atoms with Crippen LogP contribution in [0.1, 0.15) is 35.7 Å². The summed E-state index contributed by atoms with van der Waals surface area (Å²) in [7, 11) is 1.68. The largest absolute Gasteiger partial charge is 0.388 e. The van der Waals surface area contributed by atoms with E-state index >= 15 is 0 Å². The number of thioether (sulfide) groups is 1. The second-order valence-corrected chi connectivity index (χ2v) is 9.91. The number of nitrogens with zero attached hydrogens (tertiary/aromatic N) is 1. The number of imide groups is 1. The molecule has 0 unspecified atom stereocenters. The summed E-state index contributed by atoms with van der Waals surface area (Å²) < 4.78 is 17.7. The van der Waals surface area contributed by atoms with Crippen LogP contribution in [0.4, 0.5) is 21.5 Å². The van der Waals surface area contributed by atoms with Crippen molar-refractivity contribution in [1.82, 2.24) is 4.72 Å². The van der Waals surface area contributed by atoms with Gasteiger partial charge in [0.25, 0.3) is 5.91 Å². The van der Waals surface area contributed by atoms with E-state index in [1.807, 2.05) is 30.5 Å². The fourth-order valence-electron chi connectivity index (χ4n) is 3.32. The first-order valence-corrected chi connectivity index (χ1v) is 12.6. The lowest BCUT2D eigenvalue weighted by atomic mass is 9.97. The number of rotatable bonds is 9. The first kappa shape index (κ1) is 26.4. The van der Waals surface area contributed by atoms with Crippen LogP contribution in [0.3, 0.4) is 0 Å². The first-order chi connectivity index (χ1) is 16.9. The lowest BCUT2D eigenvalue weighted by molar-refractivity contribution is -0.117. The summed E-state index contributed by atoms with van der Waals surface area (Å²) in [5, 5.41) is 8.09. The van der Waals surface area contributed by atoms with Crippen LogP contribution < -0.4 is 20.3 Å². The number of carbonyl (C=O) groups excluding carboxylic acids is 3. The molecule has 0 radical (unpaired) electrons. The van der Waals surface area contributed by atoms with Gasteiger partial charge in [-0.25, -0.2) is 9.29 Å². The average Bonchev–Trinajstić information content (AvgIpc) is 3.66. The molecule has 0 bridgehead atoms. The summed E-state index contributed by atoms with van der Waals surface area (Å²) in [5.41, 5.74) is 2.61. The monoisotopic (exact) mass is 514 g/mol. The molecular weight excluding hydrogens is 487 g/mol. The molecular formula is C25H27FN4O3S2. The number of allylic oxidation sites excluding steroid dienone is 1. The second kappa shape index (κ2) is 12.5. The molecule has 3 N–H and O–H groups in total. The number of amides is 3. The van der Waals surface area contributed by atoms with Crippen LogP contribution in [0.25, 0.3) is 0 Å². The molecule has 10 heteroatoms. The molecule has 35 heavy (non-hydrogen) atoms. The summed E-state index contributed by atoms with van der Waals surface area (Å²) in [5.74, 6) is -1.51. The Morgan fingerprint density at radius 3 is 2.54 bits per heavy atom. The van der Waals surface area contributed by atoms with E-state index in [1.165, 1.54) is 35.8 Å². The van der Waals surface area contributed by atoms with E-state index in [4.69, 9.17) is 0 Å². The summed E-state index contributed by atoms with van der Waals surface area (Å²) in [6.45, 7) is 5.61. The number of carbonyl (C=O) groups is 3. The molecule has 1 fully saturated rings. The van der Waals surface area contributed by atoms with Crippen LogP contribution in [0.5, 0.6) is 0 Å². The zero-order valence-corrected chi connectivity index (χ0v) is 21.1. The highest BCUT2D eigenvalue weighted by molar-refractivity contribution is 8.22. The van der Waals surface area contributed by atoms with Gasteiger partial charge in [-0.3, -0.25) is 19.1 Å². The maximum atomic E-state index is 14.4. The van der Waals surface area contributed by atoms with Crippen LogP contribution in [0, 0.1) is 5.82 Å². The quantitative estimate of drug-likeness (QED) is 0.238. The average molecular weight is 515 g/mol. The van der Waals surface area contributed by atoms with E-state index < -0.39 is 17.6 Å². The van der Waals surface area contributed by atoms with Gasteiger partial charge in [0.1, 0.15) is 5.82 Å². The van der Waals surface area contributed by atoms with Gasteiger partial charge in [0.05, 0.1) is 16.3 Å². The number of fused-ring (bicyclic) bond motifs is 1. The molecule has 2 aromatic carbocycles. The van der Waals surface area contributed by atoms with Crippen LogP contribution in [-0.4, -0.2) is 31.3 Å². The molecule has 184 valence electrons. The highest BCUT2D eigenvalue weighted by atomic mass is 32.2. The van der Waals surface area contributed by atoms with Crippen molar-refractivity contribution in [1.29, 1.82) is 0 Å². The van der Waals surface area contributed by atoms with E-state index in [1.54, 1.807) is 19.2 Å². The first-order valence-electron chi connectivity index (χ1n) is 10.9. The van der Waals surface area contributed by atoms with Crippen LogP contribution in [-0.2, 0) is 16.0 Å². The Bertz CT molecular complexity index is 1150. The van der Waals surface area contributed by atoms with Gasteiger partial charge >= 0.3 is 0 Å². The molecule has 4 rings (SSSR count). The van der Waals surface area contributed by atoms with Gasteiger partial charge in [-0.15, -0.1) is 0 Å². The Morgan fingerprint density at radius 1 is 1.17 bits per heavy atom. The summed E-state index contributed by atoms with van der Waals surface area (Å²) >= 11 is 2.70. The van der Waals surface area contributed by atoms with Crippen molar-refractivity contribution in [2.24, 2.45) is 0 Å². The zero-order chi connectivity index (χ0) is 25.4. The third kappa shape index (κ3) is 7.12. The number of hydrogen-bond acceptors (Lipinski definition) is 7. The molecule has 2 aliphatic rings. The molecule has 0 aromatic heterocycles. The molecule has 0 atom stereocenters. The van der Waals surface area contributed by atoms with Crippen molar-refractivity contribution in [3.8, 4) is 0 Å². The molecule has 1 saturated carbocycles. The lowest BCUT2D eigenvalue weighted by Crippen LogP contribution is -2.43. The molecule has 1 heterocycles. The Morgan fingerprint density at radius 2 is 1.91 bits per heavy atom. The van der Waals surface area contributed by atoms with Gasteiger partial charge in [0.15, 0.2) is 0 Å². The minimum absolute atomic E-state index is 0.0140. The van der Waals surface area contributed by atoms with E-state index in [0.29, 0.717) is 29.3 Å². The van der Waals surface area contributed by atoms with Crippen LogP contribution in [0.15, 0.2) is 58.7 Å². The molecule has 3 amide bonds. The maximum Gasteiger partial charge on any atom is 0.265 e. The predicted octanol–water partition coefficient (Wildman–Crippen LogP) is 5.29. The minimum atomic E-state index is -0.607. The Hall–Kier alpha value is -3.24. The lowest BCUT2D eigenvalue weighted by Gasteiger charge is -2.27. The molecule has 2 aromatic rings. The maximum absolute atomic E-state index is 14.4. The number of anilines is 3. The van der Waals surface area contributed by atoms with Gasteiger partial charge in [-0.05, 0) is 79.1 Å². The zero-order valence-electron chi connectivity index (χ0n) is 19.5. The Balaban J connectivity index is 0.000000292. The van der Waals surface area contributed by atoms with Gasteiger partial charge in [0.2, 0.25) is 12.3 Å². The Labute approximate surface area is 212 Å². The third-order valence-corrected chi connectivity index (χ3v) is 6.76. The van der Waals surface area contributed by atoms with E-state index in [0.717, 1.165) is 27.7 Å². The standard InChI is InChI=1S/C19H18FN3O2.C6H9NOS2/c1-21-13-5-7-17(16(20)10-13)23-18(24)9-11-8-14(22-12-2-3-12)4-6-15(11)19(23)25;1-3-4-9-6(2)10-7-5-8/h4-8,10,12,21-22H,2-3,9H2,1H3;3-5H,2H2,1H3,(H,7,8)/b;4-3-. The summed E-state index contributed by atoms with van der Waals surface area (Å²) in [6.07, 6.45) is 4.91. The van der Waals surface area contributed by atoms with Crippen molar-refractivity contribution in [2.75, 3.05) is 22.6 Å². The molecule has 1 aliphatic heterocycles. The topological polar surface area (TPSA) is 90.5 Å². The van der Waals surface area contributed by atoms with Gasteiger partial charge in [-0.2, -0.15) is 0 Å². The van der Waals surface area contributed by atoms with E-state index in [2.05, 4.69) is 21.9 Å². The normalized spacial score (nSPS) is 14.7. The van der Waals surface area contributed by atoms with E-state index in [9.17, 15) is 18.8 Å². The third-order valence-electron chi connectivity index (χ3n) is 5.11. The van der Waals surface area contributed by atoms with Crippen molar-refractivity contribution in [3.05, 3.63) is 75.6 Å². The number of nitrogens with one attached hydrogen (secondary N) is 3. The molecule has 7 nitrogen and oxygen atoms in total. The molecule has 1 aliphatic carbocycles. The van der Waals surface area contributed by atoms with Crippen LogP contribution in [0.2, 0.25) is 0 Å². The fraction of sp³-hybridized carbons (Fsp3) is 0.240. The van der Waals surface area contributed by atoms with Crippen molar-refractivity contribution < 1.29 is 18.8 Å². The fourth-order valence-corrected chi connectivity index (χ4v) is 4.29. The van der Waals surface area contributed by atoms with Crippen molar-refractivity contribution >= 4 is 59.0 Å².